The van der Waals surface area contributed by atoms with E-state index in [-0.39, 0.29) is 0 Å². The Morgan fingerprint density at radius 3 is 1.75 bits per heavy atom. The van der Waals surface area contributed by atoms with Gasteiger partial charge < -0.3 is 0 Å². The molecule has 0 aliphatic carbocycles. The fourth-order valence-corrected chi connectivity index (χ4v) is 8.06. The first-order valence-corrected chi connectivity index (χ1v) is 15.9. The van der Waals surface area contributed by atoms with E-state index in [1.165, 1.54) is 86.2 Å². The third-order valence-corrected chi connectivity index (χ3v) is 10.2. The van der Waals surface area contributed by atoms with Gasteiger partial charge in [-0.1, -0.05) is 152 Å². The molecule has 1 heteroatoms. The maximum atomic E-state index is 3.89. The first kappa shape index (κ1) is 26.4. The fourth-order valence-electron chi connectivity index (χ4n) is 6.69. The first-order valence-electron chi connectivity index (χ1n) is 15.1. The summed E-state index contributed by atoms with van der Waals surface area (Å²) in [5.74, 6) is 0. The largest absolute Gasteiger partial charge is 0.134 e. The number of hydrogen-bond acceptors (Lipinski definition) is 1. The van der Waals surface area contributed by atoms with Crippen molar-refractivity contribution in [3.05, 3.63) is 163 Å². The second kappa shape index (κ2) is 10.8. The molecular formula is C43H30S. The lowest BCUT2D eigenvalue weighted by Gasteiger charge is -2.14. The predicted molar refractivity (Wildman–Crippen MR) is 195 cm³/mol. The first-order chi connectivity index (χ1) is 21.7. The van der Waals surface area contributed by atoms with Crippen LogP contribution < -0.4 is 0 Å². The van der Waals surface area contributed by atoms with Gasteiger partial charge in [0.2, 0.25) is 0 Å². The molecule has 208 valence electrons. The summed E-state index contributed by atoms with van der Waals surface area (Å²) in [4.78, 5) is 0. The summed E-state index contributed by atoms with van der Waals surface area (Å²) in [5.41, 5.74) is 10.1. The Morgan fingerprint density at radius 1 is 0.477 bits per heavy atom. The number of aryl methyl sites for hydroxylation is 1. The highest BCUT2D eigenvalue weighted by molar-refractivity contribution is 7.26. The predicted octanol–water partition coefficient (Wildman–Crippen LogP) is 12.9. The maximum absolute atomic E-state index is 3.89. The van der Waals surface area contributed by atoms with Crippen LogP contribution in [0.2, 0.25) is 0 Å². The number of benzene rings is 7. The van der Waals surface area contributed by atoms with Crippen LogP contribution in [0.4, 0.5) is 0 Å². The molecule has 0 aliphatic heterocycles. The monoisotopic (exact) mass is 578 g/mol. The van der Waals surface area contributed by atoms with Crippen molar-refractivity contribution in [1.82, 2.24) is 0 Å². The number of thiophene rings is 1. The zero-order chi connectivity index (χ0) is 29.6. The number of hydrogen-bond donors (Lipinski definition) is 0. The van der Waals surface area contributed by atoms with Gasteiger partial charge in [-0.25, -0.2) is 0 Å². The van der Waals surface area contributed by atoms with Gasteiger partial charge in [0.1, 0.15) is 0 Å². The molecule has 1 aromatic heterocycles. The number of fused-ring (bicyclic) bond motifs is 6. The van der Waals surface area contributed by atoms with Gasteiger partial charge in [0.15, 0.2) is 0 Å². The van der Waals surface area contributed by atoms with Gasteiger partial charge in [0.25, 0.3) is 0 Å². The Hall–Kier alpha value is -5.24. The van der Waals surface area contributed by atoms with Crippen LogP contribution in [0.5, 0.6) is 0 Å². The van der Waals surface area contributed by atoms with Crippen LogP contribution >= 0.6 is 11.3 Å². The normalized spacial score (nSPS) is 11.8. The molecule has 44 heavy (non-hydrogen) atoms. The van der Waals surface area contributed by atoms with Crippen molar-refractivity contribution in [3.8, 4) is 33.4 Å². The fraction of sp³-hybridized carbons (Fsp3) is 0.0233. The molecule has 0 atom stereocenters. The summed E-state index contributed by atoms with van der Waals surface area (Å²) in [5, 5.41) is 7.78. The van der Waals surface area contributed by atoms with Gasteiger partial charge in [0.05, 0.1) is 0 Å². The van der Waals surface area contributed by atoms with Crippen LogP contribution in [0.25, 0.3) is 81.2 Å². The van der Waals surface area contributed by atoms with E-state index in [2.05, 4.69) is 153 Å². The second-order valence-corrected chi connectivity index (χ2v) is 12.4. The van der Waals surface area contributed by atoms with E-state index >= 15 is 0 Å². The van der Waals surface area contributed by atoms with Crippen molar-refractivity contribution in [1.29, 1.82) is 0 Å². The summed E-state index contributed by atoms with van der Waals surface area (Å²) in [7, 11) is 0. The van der Waals surface area contributed by atoms with Crippen molar-refractivity contribution in [2.45, 2.75) is 6.92 Å². The summed E-state index contributed by atoms with van der Waals surface area (Å²) in [6.07, 6.45) is 6.06. The molecule has 0 radical (unpaired) electrons. The molecule has 0 aliphatic rings. The summed E-state index contributed by atoms with van der Waals surface area (Å²) in [6.45, 7) is 6.12. The molecule has 0 amide bonds. The Morgan fingerprint density at radius 2 is 1.05 bits per heavy atom. The molecule has 0 N–H and O–H groups in total. The van der Waals surface area contributed by atoms with E-state index < -0.39 is 0 Å². The molecule has 8 rings (SSSR count). The summed E-state index contributed by atoms with van der Waals surface area (Å²) in [6, 6.07) is 48.9. The minimum absolute atomic E-state index is 1.24. The molecule has 0 saturated heterocycles. The molecule has 0 nitrogen and oxygen atoms in total. The molecule has 0 spiro atoms. The van der Waals surface area contributed by atoms with Gasteiger partial charge in [-0.15, -0.1) is 11.3 Å². The molecule has 0 fully saturated rings. The SMILES string of the molecule is C=C/C=C\c1c(C)c2ccc(-c3cccc4c3sc3c(-c5ccc(-c6ccccc6)cc5)cccc34)cc2c2ccccc12. The Bertz CT molecular complexity index is 2390. The Balaban J connectivity index is 1.29. The minimum Gasteiger partial charge on any atom is -0.134 e. The summed E-state index contributed by atoms with van der Waals surface area (Å²) < 4.78 is 2.67. The van der Waals surface area contributed by atoms with Crippen molar-refractivity contribution in [3.63, 3.8) is 0 Å². The van der Waals surface area contributed by atoms with E-state index in [9.17, 15) is 0 Å². The standard InChI is InChI=1S/C43H30S/c1-3-4-14-33-28(2)34-26-25-32(27-41(34)38-16-9-8-15-37(33)38)36-18-11-20-40-39-19-10-17-35(42(39)44-43(36)40)31-23-21-30(22-24-31)29-12-6-5-7-13-29/h3-27H,1H2,2H3/b14-4-. The Kier molecular flexibility index (Phi) is 6.47. The van der Waals surface area contributed by atoms with Gasteiger partial charge >= 0.3 is 0 Å². The van der Waals surface area contributed by atoms with E-state index in [0.717, 1.165) is 0 Å². The van der Waals surface area contributed by atoms with E-state index in [1.54, 1.807) is 0 Å². The van der Waals surface area contributed by atoms with Crippen molar-refractivity contribution in [2.24, 2.45) is 0 Å². The molecule has 1 heterocycles. The number of rotatable bonds is 5. The van der Waals surface area contributed by atoms with Crippen LogP contribution in [0.1, 0.15) is 11.1 Å². The van der Waals surface area contributed by atoms with Crippen molar-refractivity contribution in [2.75, 3.05) is 0 Å². The number of allylic oxidation sites excluding steroid dienone is 2. The van der Waals surface area contributed by atoms with E-state index in [1.807, 2.05) is 23.5 Å². The molecule has 0 bridgehead atoms. The van der Waals surface area contributed by atoms with Crippen LogP contribution in [-0.4, -0.2) is 0 Å². The van der Waals surface area contributed by atoms with Crippen LogP contribution in [0.3, 0.4) is 0 Å². The maximum Gasteiger partial charge on any atom is 0.0434 e. The highest BCUT2D eigenvalue weighted by Crippen LogP contribution is 2.45. The minimum atomic E-state index is 1.24. The lowest BCUT2D eigenvalue weighted by Crippen LogP contribution is -1.90. The van der Waals surface area contributed by atoms with E-state index in [0.29, 0.717) is 0 Å². The molecule has 0 saturated carbocycles. The topological polar surface area (TPSA) is 0 Å². The zero-order valence-corrected chi connectivity index (χ0v) is 25.4. The lowest BCUT2D eigenvalue weighted by atomic mass is 9.90. The highest BCUT2D eigenvalue weighted by Gasteiger charge is 2.16. The lowest BCUT2D eigenvalue weighted by molar-refractivity contribution is 1.52. The second-order valence-electron chi connectivity index (χ2n) is 11.3. The molecule has 7 aromatic carbocycles. The zero-order valence-electron chi connectivity index (χ0n) is 24.5. The van der Waals surface area contributed by atoms with Crippen LogP contribution in [0, 0.1) is 6.92 Å². The van der Waals surface area contributed by atoms with Gasteiger partial charge in [0, 0.05) is 20.2 Å². The quantitative estimate of drug-likeness (QED) is 0.141. The Labute approximate surface area is 261 Å². The third kappa shape index (κ3) is 4.28. The average Bonchev–Trinajstić information content (AvgIpc) is 3.48. The average molecular weight is 579 g/mol. The van der Waals surface area contributed by atoms with Crippen LogP contribution in [0.15, 0.2) is 152 Å². The molecular weight excluding hydrogens is 549 g/mol. The third-order valence-electron chi connectivity index (χ3n) is 8.87. The highest BCUT2D eigenvalue weighted by atomic mass is 32.1. The van der Waals surface area contributed by atoms with Gasteiger partial charge in [-0.05, 0) is 79.0 Å². The van der Waals surface area contributed by atoms with Crippen molar-refractivity contribution >= 4 is 59.1 Å². The summed E-state index contributed by atoms with van der Waals surface area (Å²) >= 11 is 1.91. The van der Waals surface area contributed by atoms with Crippen LogP contribution in [-0.2, 0) is 0 Å². The van der Waals surface area contributed by atoms with Gasteiger partial charge in [-0.2, -0.15) is 0 Å². The molecule has 0 unspecified atom stereocenters. The van der Waals surface area contributed by atoms with Gasteiger partial charge in [-0.3, -0.25) is 0 Å². The smallest absolute Gasteiger partial charge is 0.0434 e. The van der Waals surface area contributed by atoms with E-state index in [4.69, 9.17) is 0 Å². The molecule has 8 aromatic rings. The van der Waals surface area contributed by atoms with Crippen molar-refractivity contribution < 1.29 is 0 Å².